The van der Waals surface area contributed by atoms with Crippen LogP contribution in [0, 0.1) is 0 Å². The van der Waals surface area contributed by atoms with Gasteiger partial charge in [-0.25, -0.2) is 13.4 Å². The van der Waals surface area contributed by atoms with Crippen LogP contribution in [0.2, 0.25) is 0 Å². The Bertz CT molecular complexity index is 1160. The van der Waals surface area contributed by atoms with E-state index < -0.39 is 10.0 Å². The molecule has 27 heavy (non-hydrogen) atoms. The van der Waals surface area contributed by atoms with Gasteiger partial charge < -0.3 is 0 Å². The van der Waals surface area contributed by atoms with Crippen molar-refractivity contribution >= 4 is 49.0 Å². The maximum Gasteiger partial charge on any atom is 0.261 e. The number of nitrogens with zero attached hydrogens (tertiary/aromatic N) is 2. The van der Waals surface area contributed by atoms with Gasteiger partial charge in [-0.2, -0.15) is 0 Å². The molecule has 0 aliphatic carbocycles. The first-order valence-corrected chi connectivity index (χ1v) is 11.4. The lowest BCUT2D eigenvalue weighted by atomic mass is 10.3. The minimum absolute atomic E-state index is 0.237. The standard InChI is InChI=1S/C19H15N3O2S3/c23-27(24,16-7-2-1-3-8-16)22-14-9-10-17-18(12-14)26-19(21-17)25-13-15-6-4-5-11-20-15/h1-12,22H,13H2. The number of anilines is 1. The van der Waals surface area contributed by atoms with Gasteiger partial charge in [0.25, 0.3) is 10.0 Å². The number of rotatable bonds is 6. The fourth-order valence-electron chi connectivity index (χ4n) is 2.46. The predicted molar refractivity (Wildman–Crippen MR) is 111 cm³/mol. The Morgan fingerprint density at radius 1 is 1.00 bits per heavy atom. The lowest BCUT2D eigenvalue weighted by molar-refractivity contribution is 0.601. The number of nitrogens with one attached hydrogen (secondary N) is 1. The molecular formula is C19H15N3O2S3. The number of aromatic nitrogens is 2. The fourth-order valence-corrected chi connectivity index (χ4v) is 5.56. The molecule has 0 spiro atoms. The third-order valence-corrected chi connectivity index (χ3v) is 7.34. The Labute approximate surface area is 165 Å². The quantitative estimate of drug-likeness (QED) is 0.460. The Kier molecular flexibility index (Phi) is 5.11. The highest BCUT2D eigenvalue weighted by atomic mass is 32.2. The third kappa shape index (κ3) is 4.29. The van der Waals surface area contributed by atoms with Crippen molar-refractivity contribution in [1.29, 1.82) is 0 Å². The third-order valence-electron chi connectivity index (χ3n) is 3.74. The Morgan fingerprint density at radius 2 is 1.81 bits per heavy atom. The van der Waals surface area contributed by atoms with Crippen molar-refractivity contribution in [2.24, 2.45) is 0 Å². The van der Waals surface area contributed by atoms with Gasteiger partial charge in [-0.15, -0.1) is 11.3 Å². The van der Waals surface area contributed by atoms with Gasteiger partial charge in [-0.1, -0.05) is 36.0 Å². The molecule has 0 unspecified atom stereocenters. The second kappa shape index (κ2) is 7.67. The topological polar surface area (TPSA) is 72.0 Å². The number of benzene rings is 2. The van der Waals surface area contributed by atoms with E-state index in [4.69, 9.17) is 0 Å². The largest absolute Gasteiger partial charge is 0.280 e. The van der Waals surface area contributed by atoms with Crippen LogP contribution in [0.1, 0.15) is 5.69 Å². The summed E-state index contributed by atoms with van der Waals surface area (Å²) in [7, 11) is -3.60. The summed E-state index contributed by atoms with van der Waals surface area (Å²) in [6.45, 7) is 0. The molecule has 0 atom stereocenters. The highest BCUT2D eigenvalue weighted by Crippen LogP contribution is 2.33. The minimum atomic E-state index is -3.60. The summed E-state index contributed by atoms with van der Waals surface area (Å²) in [5.41, 5.74) is 2.38. The molecule has 2 heterocycles. The number of pyridine rings is 1. The summed E-state index contributed by atoms with van der Waals surface area (Å²) >= 11 is 3.16. The van der Waals surface area contributed by atoms with Crippen LogP contribution < -0.4 is 4.72 Å². The van der Waals surface area contributed by atoms with Crippen molar-refractivity contribution in [1.82, 2.24) is 9.97 Å². The number of sulfonamides is 1. The number of fused-ring (bicyclic) bond motifs is 1. The zero-order chi connectivity index (χ0) is 18.7. The van der Waals surface area contributed by atoms with Crippen LogP contribution in [0.5, 0.6) is 0 Å². The number of thioether (sulfide) groups is 1. The number of thiazole rings is 1. The molecule has 0 saturated heterocycles. The average molecular weight is 414 g/mol. The molecule has 0 fully saturated rings. The van der Waals surface area contributed by atoms with Crippen molar-refractivity contribution in [3.63, 3.8) is 0 Å². The van der Waals surface area contributed by atoms with Gasteiger partial charge in [0, 0.05) is 11.9 Å². The Morgan fingerprint density at radius 3 is 2.59 bits per heavy atom. The van der Waals surface area contributed by atoms with Crippen LogP contribution >= 0.6 is 23.1 Å². The van der Waals surface area contributed by atoms with Crippen molar-refractivity contribution < 1.29 is 8.42 Å². The van der Waals surface area contributed by atoms with E-state index in [0.717, 1.165) is 26.0 Å². The summed E-state index contributed by atoms with van der Waals surface area (Å²) in [5.74, 6) is 0.744. The van der Waals surface area contributed by atoms with Gasteiger partial charge in [0.05, 0.1) is 26.5 Å². The lowest BCUT2D eigenvalue weighted by Gasteiger charge is -2.07. The maximum absolute atomic E-state index is 12.5. The van der Waals surface area contributed by atoms with E-state index in [1.807, 2.05) is 30.3 Å². The molecule has 8 heteroatoms. The molecule has 0 aliphatic rings. The van der Waals surface area contributed by atoms with E-state index in [9.17, 15) is 8.42 Å². The zero-order valence-corrected chi connectivity index (χ0v) is 16.5. The van der Waals surface area contributed by atoms with Crippen LogP contribution in [0.3, 0.4) is 0 Å². The molecule has 5 nitrogen and oxygen atoms in total. The van der Waals surface area contributed by atoms with E-state index >= 15 is 0 Å². The first-order valence-electron chi connectivity index (χ1n) is 8.11. The summed E-state index contributed by atoms with van der Waals surface area (Å²) in [4.78, 5) is 9.15. The molecule has 0 aliphatic heterocycles. The summed E-state index contributed by atoms with van der Waals surface area (Å²) in [6.07, 6.45) is 1.78. The SMILES string of the molecule is O=S(=O)(Nc1ccc2nc(SCc3ccccn3)sc2c1)c1ccccc1. The average Bonchev–Trinajstić information content (AvgIpc) is 3.10. The van der Waals surface area contributed by atoms with Gasteiger partial charge in [0.1, 0.15) is 0 Å². The van der Waals surface area contributed by atoms with Crippen LogP contribution in [-0.4, -0.2) is 18.4 Å². The second-order valence-electron chi connectivity index (χ2n) is 5.69. The van der Waals surface area contributed by atoms with Crippen LogP contribution in [0.15, 0.2) is 82.2 Å². The molecule has 1 N–H and O–H groups in total. The van der Waals surface area contributed by atoms with Crippen molar-refractivity contribution in [3.8, 4) is 0 Å². The lowest BCUT2D eigenvalue weighted by Crippen LogP contribution is -2.12. The molecule has 2 aromatic carbocycles. The van der Waals surface area contributed by atoms with Crippen LogP contribution in [0.25, 0.3) is 10.2 Å². The summed E-state index contributed by atoms with van der Waals surface area (Å²) < 4.78 is 29.4. The Hall–Kier alpha value is -2.42. The fraction of sp³-hybridized carbons (Fsp3) is 0.0526. The maximum atomic E-state index is 12.5. The van der Waals surface area contributed by atoms with Gasteiger partial charge in [-0.3, -0.25) is 9.71 Å². The van der Waals surface area contributed by atoms with E-state index in [2.05, 4.69) is 14.7 Å². The Balaban J connectivity index is 1.52. The van der Waals surface area contributed by atoms with E-state index in [-0.39, 0.29) is 4.90 Å². The van der Waals surface area contributed by atoms with E-state index in [0.29, 0.717) is 5.69 Å². The molecule has 0 amide bonds. The van der Waals surface area contributed by atoms with Gasteiger partial charge in [-0.05, 0) is 42.5 Å². The zero-order valence-electron chi connectivity index (χ0n) is 14.1. The summed E-state index contributed by atoms with van der Waals surface area (Å²) in [5, 5.41) is 0. The molecular weight excluding hydrogens is 398 g/mol. The first kappa shape index (κ1) is 18.0. The number of hydrogen-bond donors (Lipinski definition) is 1. The molecule has 2 aromatic heterocycles. The second-order valence-corrected chi connectivity index (χ2v) is 9.63. The van der Waals surface area contributed by atoms with Crippen LogP contribution in [-0.2, 0) is 15.8 Å². The highest BCUT2D eigenvalue weighted by molar-refractivity contribution is 8.00. The molecule has 4 aromatic rings. The molecule has 0 saturated carbocycles. The smallest absolute Gasteiger partial charge is 0.261 e. The number of hydrogen-bond acceptors (Lipinski definition) is 6. The molecule has 136 valence electrons. The van der Waals surface area contributed by atoms with E-state index in [1.165, 1.54) is 0 Å². The molecule has 0 bridgehead atoms. The summed E-state index contributed by atoms with van der Waals surface area (Å²) in [6, 6.07) is 19.5. The monoisotopic (exact) mass is 413 g/mol. The minimum Gasteiger partial charge on any atom is -0.280 e. The van der Waals surface area contributed by atoms with Crippen molar-refractivity contribution in [2.45, 2.75) is 15.0 Å². The first-order chi connectivity index (χ1) is 13.1. The van der Waals surface area contributed by atoms with E-state index in [1.54, 1.807) is 65.7 Å². The normalized spacial score (nSPS) is 11.6. The van der Waals surface area contributed by atoms with Crippen molar-refractivity contribution in [2.75, 3.05) is 4.72 Å². The van der Waals surface area contributed by atoms with Crippen molar-refractivity contribution in [3.05, 3.63) is 78.6 Å². The molecule has 4 rings (SSSR count). The van der Waals surface area contributed by atoms with Gasteiger partial charge >= 0.3 is 0 Å². The highest BCUT2D eigenvalue weighted by Gasteiger charge is 2.14. The van der Waals surface area contributed by atoms with Gasteiger partial charge in [0.2, 0.25) is 0 Å². The van der Waals surface area contributed by atoms with Gasteiger partial charge in [0.15, 0.2) is 4.34 Å². The van der Waals surface area contributed by atoms with Crippen LogP contribution in [0.4, 0.5) is 5.69 Å². The molecule has 0 radical (unpaired) electrons. The predicted octanol–water partition coefficient (Wildman–Crippen LogP) is 4.78.